The number of hydrogen-bond acceptors (Lipinski definition) is 3. The van der Waals surface area contributed by atoms with Gasteiger partial charge >= 0.3 is 0 Å². The molecule has 0 atom stereocenters. The predicted octanol–water partition coefficient (Wildman–Crippen LogP) is 2.22. The van der Waals surface area contributed by atoms with Crippen LogP contribution in [0.5, 0.6) is 0 Å². The van der Waals surface area contributed by atoms with Gasteiger partial charge in [0, 0.05) is 22.2 Å². The number of aryl methyl sites for hydroxylation is 1. The Morgan fingerprint density at radius 3 is 2.47 bits per heavy atom. The average molecular weight is 218 g/mol. The summed E-state index contributed by atoms with van der Waals surface area (Å²) in [5.41, 5.74) is 6.69. The van der Waals surface area contributed by atoms with Crippen LogP contribution in [-0.4, -0.2) is 10.9 Å². The zero-order chi connectivity index (χ0) is 10.8. The van der Waals surface area contributed by atoms with Crippen LogP contribution in [0.3, 0.4) is 0 Å². The second kappa shape index (κ2) is 3.82. The Morgan fingerprint density at radius 1 is 1.33 bits per heavy atom. The van der Waals surface area contributed by atoms with Crippen LogP contribution in [0.15, 0.2) is 30.5 Å². The molecule has 0 bridgehead atoms. The maximum Gasteiger partial charge on any atom is 0.248 e. The molecule has 0 spiro atoms. The molecule has 2 rings (SSSR count). The molecule has 3 nitrogen and oxygen atoms in total. The smallest absolute Gasteiger partial charge is 0.248 e. The van der Waals surface area contributed by atoms with Gasteiger partial charge < -0.3 is 5.73 Å². The maximum atomic E-state index is 10.9. The highest BCUT2D eigenvalue weighted by molar-refractivity contribution is 7.14. The van der Waals surface area contributed by atoms with Crippen LogP contribution < -0.4 is 5.73 Å². The lowest BCUT2D eigenvalue weighted by atomic mass is 10.1. The minimum absolute atomic E-state index is 0.406. The molecule has 0 unspecified atom stereocenters. The summed E-state index contributed by atoms with van der Waals surface area (Å²) in [6.45, 7) is 2.01. The largest absolute Gasteiger partial charge is 0.366 e. The van der Waals surface area contributed by atoms with Gasteiger partial charge in [-0.3, -0.25) is 4.79 Å². The Hall–Kier alpha value is -1.68. The van der Waals surface area contributed by atoms with Crippen LogP contribution in [0.2, 0.25) is 0 Å². The minimum Gasteiger partial charge on any atom is -0.366 e. The van der Waals surface area contributed by atoms with Gasteiger partial charge in [0.1, 0.15) is 5.01 Å². The summed E-state index contributed by atoms with van der Waals surface area (Å²) in [5.74, 6) is -0.406. The van der Waals surface area contributed by atoms with E-state index in [1.807, 2.05) is 25.3 Å². The Bertz CT molecular complexity index is 488. The molecular formula is C11H10N2OS. The number of primary amides is 1. The number of nitrogens with two attached hydrogens (primary N) is 1. The highest BCUT2D eigenvalue weighted by Crippen LogP contribution is 2.24. The molecule has 76 valence electrons. The van der Waals surface area contributed by atoms with Gasteiger partial charge in [0.25, 0.3) is 0 Å². The van der Waals surface area contributed by atoms with Crippen molar-refractivity contribution < 1.29 is 4.79 Å². The van der Waals surface area contributed by atoms with Gasteiger partial charge in [-0.05, 0) is 19.1 Å². The molecule has 0 saturated carbocycles. The van der Waals surface area contributed by atoms with E-state index in [2.05, 4.69) is 4.98 Å². The number of nitrogens with zero attached hydrogens (tertiary/aromatic N) is 1. The molecule has 0 fully saturated rings. The molecule has 4 heteroatoms. The lowest BCUT2D eigenvalue weighted by Crippen LogP contribution is -2.10. The standard InChI is InChI=1S/C11H10N2OS/c1-7-6-13-11(15-7)9-4-2-8(3-5-9)10(12)14/h2-6H,1H3,(H2,12,14). The molecule has 0 aliphatic rings. The fourth-order valence-electron chi connectivity index (χ4n) is 1.27. The zero-order valence-electron chi connectivity index (χ0n) is 8.23. The number of carbonyl (C=O) groups is 1. The van der Waals surface area contributed by atoms with Gasteiger partial charge in [-0.15, -0.1) is 11.3 Å². The summed E-state index contributed by atoms with van der Waals surface area (Å²) < 4.78 is 0. The number of amides is 1. The molecule has 0 saturated heterocycles. The lowest BCUT2D eigenvalue weighted by Gasteiger charge is -1.97. The van der Waals surface area contributed by atoms with Crippen molar-refractivity contribution >= 4 is 17.2 Å². The summed E-state index contributed by atoms with van der Waals surface area (Å²) in [6.07, 6.45) is 1.84. The van der Waals surface area contributed by atoms with Crippen molar-refractivity contribution in [2.75, 3.05) is 0 Å². The van der Waals surface area contributed by atoms with E-state index in [0.29, 0.717) is 5.56 Å². The van der Waals surface area contributed by atoms with Crippen LogP contribution in [0, 0.1) is 6.92 Å². The molecule has 1 aromatic heterocycles. The first kappa shape index (κ1) is 9.86. The third-order valence-corrected chi connectivity index (χ3v) is 3.00. The van der Waals surface area contributed by atoms with Crippen LogP contribution >= 0.6 is 11.3 Å². The van der Waals surface area contributed by atoms with Crippen LogP contribution in [0.4, 0.5) is 0 Å². The summed E-state index contributed by atoms with van der Waals surface area (Å²) in [4.78, 5) is 16.3. The predicted molar refractivity (Wildman–Crippen MR) is 60.8 cm³/mol. The number of thiazole rings is 1. The zero-order valence-corrected chi connectivity index (χ0v) is 9.04. The van der Waals surface area contributed by atoms with E-state index in [4.69, 9.17) is 5.73 Å². The number of carbonyl (C=O) groups excluding carboxylic acids is 1. The average Bonchev–Trinajstić information content (AvgIpc) is 2.65. The second-order valence-corrected chi connectivity index (χ2v) is 4.45. The number of benzene rings is 1. The summed E-state index contributed by atoms with van der Waals surface area (Å²) in [5, 5.41) is 0.962. The topological polar surface area (TPSA) is 56.0 Å². The van der Waals surface area contributed by atoms with Gasteiger partial charge in [-0.25, -0.2) is 4.98 Å². The molecule has 1 heterocycles. The SMILES string of the molecule is Cc1cnc(-c2ccc(C(N)=O)cc2)s1. The van der Waals surface area contributed by atoms with E-state index >= 15 is 0 Å². The van der Waals surface area contributed by atoms with Crippen molar-refractivity contribution in [3.8, 4) is 10.6 Å². The molecule has 0 aliphatic heterocycles. The normalized spacial score (nSPS) is 10.2. The summed E-state index contributed by atoms with van der Waals surface area (Å²) in [6, 6.07) is 7.15. The van der Waals surface area contributed by atoms with Crippen LogP contribution in [0.1, 0.15) is 15.2 Å². The second-order valence-electron chi connectivity index (χ2n) is 3.22. The van der Waals surface area contributed by atoms with Gasteiger partial charge in [-0.2, -0.15) is 0 Å². The summed E-state index contributed by atoms with van der Waals surface area (Å²) >= 11 is 1.63. The highest BCUT2D eigenvalue weighted by atomic mass is 32.1. The molecule has 15 heavy (non-hydrogen) atoms. The quantitative estimate of drug-likeness (QED) is 0.840. The van der Waals surface area contributed by atoms with E-state index in [-0.39, 0.29) is 0 Å². The fourth-order valence-corrected chi connectivity index (χ4v) is 2.03. The lowest BCUT2D eigenvalue weighted by molar-refractivity contribution is 0.100. The third-order valence-electron chi connectivity index (χ3n) is 2.04. The molecule has 0 aliphatic carbocycles. The molecule has 1 amide bonds. The molecule has 2 N–H and O–H groups in total. The van der Waals surface area contributed by atoms with Gasteiger partial charge in [0.15, 0.2) is 0 Å². The van der Waals surface area contributed by atoms with Crippen molar-refractivity contribution in [3.05, 3.63) is 40.9 Å². The molecule has 2 aromatic rings. The Kier molecular flexibility index (Phi) is 2.51. The van der Waals surface area contributed by atoms with E-state index in [1.165, 1.54) is 4.88 Å². The third kappa shape index (κ3) is 2.05. The number of aromatic nitrogens is 1. The van der Waals surface area contributed by atoms with Gasteiger partial charge in [0.05, 0.1) is 0 Å². The van der Waals surface area contributed by atoms with E-state index in [0.717, 1.165) is 10.6 Å². The number of rotatable bonds is 2. The minimum atomic E-state index is -0.406. The van der Waals surface area contributed by atoms with Crippen LogP contribution in [-0.2, 0) is 0 Å². The van der Waals surface area contributed by atoms with Crippen molar-refractivity contribution in [2.24, 2.45) is 5.73 Å². The fraction of sp³-hybridized carbons (Fsp3) is 0.0909. The van der Waals surface area contributed by atoms with Crippen molar-refractivity contribution in [1.82, 2.24) is 4.98 Å². The van der Waals surface area contributed by atoms with E-state index in [9.17, 15) is 4.79 Å². The first-order valence-electron chi connectivity index (χ1n) is 4.49. The van der Waals surface area contributed by atoms with Crippen molar-refractivity contribution in [1.29, 1.82) is 0 Å². The van der Waals surface area contributed by atoms with Gasteiger partial charge in [0.2, 0.25) is 5.91 Å². The molecular weight excluding hydrogens is 208 g/mol. The van der Waals surface area contributed by atoms with E-state index < -0.39 is 5.91 Å². The molecule has 1 aromatic carbocycles. The Morgan fingerprint density at radius 2 is 2.00 bits per heavy atom. The highest BCUT2D eigenvalue weighted by Gasteiger charge is 2.04. The number of hydrogen-bond donors (Lipinski definition) is 1. The maximum absolute atomic E-state index is 10.9. The van der Waals surface area contributed by atoms with E-state index in [1.54, 1.807) is 23.5 Å². The van der Waals surface area contributed by atoms with Gasteiger partial charge in [-0.1, -0.05) is 12.1 Å². The van der Waals surface area contributed by atoms with Crippen LogP contribution in [0.25, 0.3) is 10.6 Å². The monoisotopic (exact) mass is 218 g/mol. The van der Waals surface area contributed by atoms with Crippen molar-refractivity contribution in [3.63, 3.8) is 0 Å². The molecule has 0 radical (unpaired) electrons. The summed E-state index contributed by atoms with van der Waals surface area (Å²) in [7, 11) is 0. The van der Waals surface area contributed by atoms with Crippen molar-refractivity contribution in [2.45, 2.75) is 6.92 Å². The Balaban J connectivity index is 2.35. The Labute approximate surface area is 91.6 Å². The first-order chi connectivity index (χ1) is 7.16. The first-order valence-corrected chi connectivity index (χ1v) is 5.31.